The maximum absolute atomic E-state index is 12.0. The largest absolute Gasteiger partial charge is 0.495 e. The predicted molar refractivity (Wildman–Crippen MR) is 126 cm³/mol. The first-order valence-electron chi connectivity index (χ1n) is 10.6. The Balaban J connectivity index is 1.46. The zero-order valence-electron chi connectivity index (χ0n) is 18.9. The van der Waals surface area contributed by atoms with Gasteiger partial charge in [-0.15, -0.1) is 0 Å². The van der Waals surface area contributed by atoms with Gasteiger partial charge in [-0.1, -0.05) is 24.3 Å². The molecular weight excluding hydrogens is 390 g/mol. The van der Waals surface area contributed by atoms with Crippen LogP contribution >= 0.6 is 0 Å². The van der Waals surface area contributed by atoms with Crippen molar-refractivity contribution in [1.29, 1.82) is 0 Å². The molecule has 0 saturated carbocycles. The van der Waals surface area contributed by atoms with E-state index in [1.807, 2.05) is 36.4 Å². The SMILES string of the molecule is CN=C(NCc1ccc(C(=O)N(C)C)cc1)NCC1CCN(c2ccccc2OC)C1. The summed E-state index contributed by atoms with van der Waals surface area (Å²) in [6.45, 7) is 3.53. The van der Waals surface area contributed by atoms with Crippen molar-refractivity contribution < 1.29 is 9.53 Å². The molecule has 0 spiro atoms. The van der Waals surface area contributed by atoms with E-state index in [-0.39, 0.29) is 5.91 Å². The van der Waals surface area contributed by atoms with Gasteiger partial charge >= 0.3 is 0 Å². The molecule has 7 nitrogen and oxygen atoms in total. The molecule has 1 aliphatic rings. The van der Waals surface area contributed by atoms with Crippen molar-refractivity contribution in [2.24, 2.45) is 10.9 Å². The number of aliphatic imine (C=N–C) groups is 1. The number of guanidine groups is 1. The molecule has 1 atom stereocenters. The molecule has 1 amide bonds. The first-order valence-corrected chi connectivity index (χ1v) is 10.6. The van der Waals surface area contributed by atoms with Gasteiger partial charge in [0.05, 0.1) is 12.8 Å². The van der Waals surface area contributed by atoms with Crippen LogP contribution in [0.25, 0.3) is 0 Å². The van der Waals surface area contributed by atoms with Crippen LogP contribution in [-0.2, 0) is 6.54 Å². The third kappa shape index (κ3) is 5.90. The number of nitrogens with zero attached hydrogens (tertiary/aromatic N) is 3. The Bertz CT molecular complexity index is 895. The summed E-state index contributed by atoms with van der Waals surface area (Å²) in [5, 5.41) is 6.80. The Morgan fingerprint density at radius 2 is 1.90 bits per heavy atom. The first-order chi connectivity index (χ1) is 15.0. The van der Waals surface area contributed by atoms with Gasteiger partial charge in [-0.3, -0.25) is 9.79 Å². The van der Waals surface area contributed by atoms with Gasteiger partial charge < -0.3 is 25.2 Å². The van der Waals surface area contributed by atoms with Crippen LogP contribution in [0.5, 0.6) is 5.75 Å². The van der Waals surface area contributed by atoms with Crippen molar-refractivity contribution in [2.45, 2.75) is 13.0 Å². The van der Waals surface area contributed by atoms with Gasteiger partial charge in [0, 0.05) is 52.9 Å². The van der Waals surface area contributed by atoms with Gasteiger partial charge in [0.25, 0.3) is 5.91 Å². The highest BCUT2D eigenvalue weighted by Gasteiger charge is 2.24. The predicted octanol–water partition coefficient (Wildman–Crippen LogP) is 2.59. The Hall–Kier alpha value is -3.22. The second-order valence-electron chi connectivity index (χ2n) is 7.98. The summed E-state index contributed by atoms with van der Waals surface area (Å²) >= 11 is 0. The van der Waals surface area contributed by atoms with Gasteiger partial charge in [0.15, 0.2) is 5.96 Å². The van der Waals surface area contributed by atoms with Crippen molar-refractivity contribution in [3.8, 4) is 5.75 Å². The molecule has 3 rings (SSSR count). The fourth-order valence-corrected chi connectivity index (χ4v) is 3.78. The third-order valence-corrected chi connectivity index (χ3v) is 5.56. The van der Waals surface area contributed by atoms with Crippen LogP contribution in [0.3, 0.4) is 0 Å². The molecule has 1 fully saturated rings. The molecule has 0 bridgehead atoms. The van der Waals surface area contributed by atoms with E-state index < -0.39 is 0 Å². The minimum atomic E-state index is 0.00992. The monoisotopic (exact) mass is 423 g/mol. The molecule has 31 heavy (non-hydrogen) atoms. The lowest BCUT2D eigenvalue weighted by Gasteiger charge is -2.21. The van der Waals surface area contributed by atoms with E-state index in [9.17, 15) is 4.79 Å². The topological polar surface area (TPSA) is 69.2 Å². The number of nitrogens with one attached hydrogen (secondary N) is 2. The Morgan fingerprint density at radius 3 is 2.58 bits per heavy atom. The van der Waals surface area contributed by atoms with Crippen LogP contribution in [-0.4, -0.2) is 64.7 Å². The second kappa shape index (κ2) is 10.7. The van der Waals surface area contributed by atoms with E-state index in [2.05, 4.69) is 32.7 Å². The summed E-state index contributed by atoms with van der Waals surface area (Å²) in [5.74, 6) is 2.26. The number of para-hydroxylation sites is 2. The fraction of sp³-hybridized carbons (Fsp3) is 0.417. The number of hydrogen-bond acceptors (Lipinski definition) is 4. The Morgan fingerprint density at radius 1 is 1.16 bits per heavy atom. The number of carbonyl (C=O) groups is 1. The van der Waals surface area contributed by atoms with Crippen LogP contribution < -0.4 is 20.3 Å². The molecule has 166 valence electrons. The zero-order valence-corrected chi connectivity index (χ0v) is 18.9. The molecule has 1 aliphatic heterocycles. The summed E-state index contributed by atoms with van der Waals surface area (Å²) in [5.41, 5.74) is 2.95. The Kier molecular flexibility index (Phi) is 7.76. The molecular formula is C24H33N5O2. The van der Waals surface area contributed by atoms with E-state index in [0.717, 1.165) is 49.0 Å². The fourth-order valence-electron chi connectivity index (χ4n) is 3.78. The van der Waals surface area contributed by atoms with E-state index >= 15 is 0 Å². The molecule has 2 N–H and O–H groups in total. The number of ether oxygens (including phenoxy) is 1. The van der Waals surface area contributed by atoms with Crippen LogP contribution in [0, 0.1) is 5.92 Å². The molecule has 0 aliphatic carbocycles. The smallest absolute Gasteiger partial charge is 0.253 e. The summed E-state index contributed by atoms with van der Waals surface area (Å²) in [6.07, 6.45) is 1.13. The molecule has 0 aromatic heterocycles. The molecule has 1 heterocycles. The van der Waals surface area contributed by atoms with E-state index in [0.29, 0.717) is 18.0 Å². The van der Waals surface area contributed by atoms with Crippen molar-refractivity contribution in [3.63, 3.8) is 0 Å². The summed E-state index contributed by atoms with van der Waals surface area (Å²) in [6, 6.07) is 15.8. The van der Waals surface area contributed by atoms with Crippen molar-refractivity contribution in [3.05, 3.63) is 59.7 Å². The lowest BCUT2D eigenvalue weighted by molar-refractivity contribution is 0.0827. The minimum absolute atomic E-state index is 0.00992. The highest BCUT2D eigenvalue weighted by Crippen LogP contribution is 2.31. The number of anilines is 1. The summed E-state index contributed by atoms with van der Waals surface area (Å²) < 4.78 is 5.51. The van der Waals surface area contributed by atoms with Gasteiger partial charge in [0.1, 0.15) is 5.75 Å². The number of methoxy groups -OCH3 is 1. The van der Waals surface area contributed by atoms with Crippen LogP contribution in [0.2, 0.25) is 0 Å². The van der Waals surface area contributed by atoms with Crippen LogP contribution in [0.4, 0.5) is 5.69 Å². The van der Waals surface area contributed by atoms with E-state index in [4.69, 9.17) is 4.74 Å². The number of carbonyl (C=O) groups excluding carboxylic acids is 1. The standard InChI is InChI=1S/C24H33N5O2/c1-25-24(26-15-18-9-11-20(12-10-18)23(30)28(2)3)27-16-19-13-14-29(17-19)21-7-5-6-8-22(21)31-4/h5-12,19H,13-17H2,1-4H3,(H2,25,26,27). The lowest BCUT2D eigenvalue weighted by atomic mass is 10.1. The average Bonchev–Trinajstić information content (AvgIpc) is 3.27. The first kappa shape index (κ1) is 22.5. The quantitative estimate of drug-likeness (QED) is 0.529. The normalized spacial score (nSPS) is 16.2. The average molecular weight is 424 g/mol. The van der Waals surface area contributed by atoms with Crippen molar-refractivity contribution in [2.75, 3.05) is 52.8 Å². The molecule has 7 heteroatoms. The molecule has 1 unspecified atom stereocenters. The Labute approximate surface area is 185 Å². The van der Waals surface area contributed by atoms with Gasteiger partial charge in [-0.05, 0) is 42.2 Å². The maximum Gasteiger partial charge on any atom is 0.253 e. The van der Waals surface area contributed by atoms with Crippen molar-refractivity contribution >= 4 is 17.6 Å². The highest BCUT2D eigenvalue weighted by molar-refractivity contribution is 5.93. The zero-order chi connectivity index (χ0) is 22.2. The molecule has 1 saturated heterocycles. The van der Waals surface area contributed by atoms with Gasteiger partial charge in [-0.2, -0.15) is 0 Å². The van der Waals surface area contributed by atoms with Crippen LogP contribution in [0.1, 0.15) is 22.3 Å². The van der Waals surface area contributed by atoms with Gasteiger partial charge in [0.2, 0.25) is 0 Å². The molecule has 2 aromatic rings. The van der Waals surface area contributed by atoms with E-state index in [1.54, 1.807) is 33.2 Å². The lowest BCUT2D eigenvalue weighted by Crippen LogP contribution is -2.40. The minimum Gasteiger partial charge on any atom is -0.495 e. The van der Waals surface area contributed by atoms with Crippen LogP contribution in [0.15, 0.2) is 53.5 Å². The summed E-state index contributed by atoms with van der Waals surface area (Å²) in [4.78, 5) is 20.3. The second-order valence-corrected chi connectivity index (χ2v) is 7.98. The highest BCUT2D eigenvalue weighted by atomic mass is 16.5. The molecule has 2 aromatic carbocycles. The number of amides is 1. The number of benzene rings is 2. The van der Waals surface area contributed by atoms with Gasteiger partial charge in [-0.25, -0.2) is 0 Å². The number of rotatable bonds is 7. The van der Waals surface area contributed by atoms with Crippen molar-refractivity contribution in [1.82, 2.24) is 15.5 Å². The van der Waals surface area contributed by atoms with E-state index in [1.165, 1.54) is 0 Å². The third-order valence-electron chi connectivity index (χ3n) is 5.56. The maximum atomic E-state index is 12.0. The molecule has 0 radical (unpaired) electrons. The summed E-state index contributed by atoms with van der Waals surface area (Å²) in [7, 11) is 7.02. The number of hydrogen-bond donors (Lipinski definition) is 2.